The Bertz CT molecular complexity index is 411. The molecule has 0 unspecified atom stereocenters. The van der Waals surface area contributed by atoms with E-state index in [0.717, 1.165) is 5.56 Å². The maximum absolute atomic E-state index is 10.8. The first kappa shape index (κ1) is 12.0. The van der Waals surface area contributed by atoms with Crippen LogP contribution in [0.5, 0.6) is 0 Å². The largest absolute Gasteiger partial charge is 0.398 e. The molecule has 5 heteroatoms. The molecule has 5 nitrogen and oxygen atoms in total. The van der Waals surface area contributed by atoms with Gasteiger partial charge < -0.3 is 11.5 Å². The van der Waals surface area contributed by atoms with Gasteiger partial charge in [0.05, 0.1) is 19.2 Å². The zero-order valence-electron chi connectivity index (χ0n) is 8.89. The van der Waals surface area contributed by atoms with E-state index in [1.807, 2.05) is 24.3 Å². The lowest BCUT2D eigenvalue weighted by Gasteiger charge is -2.18. The van der Waals surface area contributed by atoms with Crippen molar-refractivity contribution in [1.82, 2.24) is 4.90 Å². The van der Waals surface area contributed by atoms with Gasteiger partial charge in [-0.15, -0.1) is 0 Å². The zero-order valence-corrected chi connectivity index (χ0v) is 8.89. The van der Waals surface area contributed by atoms with Crippen molar-refractivity contribution in [3.63, 3.8) is 0 Å². The van der Waals surface area contributed by atoms with Crippen molar-refractivity contribution in [2.24, 2.45) is 5.73 Å². The van der Waals surface area contributed by atoms with Gasteiger partial charge in [-0.2, -0.15) is 5.26 Å². The number of amides is 1. The molecule has 1 amide bonds. The summed E-state index contributed by atoms with van der Waals surface area (Å²) >= 11 is 0. The molecule has 84 valence electrons. The van der Waals surface area contributed by atoms with Crippen LogP contribution in [-0.2, 0) is 11.3 Å². The van der Waals surface area contributed by atoms with Crippen LogP contribution >= 0.6 is 0 Å². The Morgan fingerprint density at radius 2 is 2.12 bits per heavy atom. The summed E-state index contributed by atoms with van der Waals surface area (Å²) in [4.78, 5) is 12.4. The van der Waals surface area contributed by atoms with E-state index in [2.05, 4.69) is 0 Å². The number of nitrogens with two attached hydrogens (primary N) is 2. The molecule has 1 aromatic carbocycles. The van der Waals surface area contributed by atoms with E-state index in [9.17, 15) is 4.79 Å². The van der Waals surface area contributed by atoms with Gasteiger partial charge in [0.2, 0.25) is 5.91 Å². The Morgan fingerprint density at radius 1 is 1.44 bits per heavy atom. The van der Waals surface area contributed by atoms with Crippen LogP contribution < -0.4 is 11.5 Å². The molecular formula is C11H14N4O. The van der Waals surface area contributed by atoms with Crippen LogP contribution in [0.25, 0.3) is 0 Å². The van der Waals surface area contributed by atoms with Crippen LogP contribution in [0, 0.1) is 11.3 Å². The van der Waals surface area contributed by atoms with Crippen molar-refractivity contribution >= 4 is 11.6 Å². The van der Waals surface area contributed by atoms with Crippen LogP contribution in [-0.4, -0.2) is 23.9 Å². The van der Waals surface area contributed by atoms with Gasteiger partial charge in [-0.05, 0) is 11.6 Å². The monoisotopic (exact) mass is 218 g/mol. The van der Waals surface area contributed by atoms with Crippen molar-refractivity contribution in [2.75, 3.05) is 18.8 Å². The summed E-state index contributed by atoms with van der Waals surface area (Å²) in [5.74, 6) is -0.454. The quantitative estimate of drug-likeness (QED) is 0.540. The van der Waals surface area contributed by atoms with E-state index < -0.39 is 5.91 Å². The van der Waals surface area contributed by atoms with Crippen LogP contribution in [0.2, 0.25) is 0 Å². The Balaban J connectivity index is 2.72. The number of hydrogen-bond acceptors (Lipinski definition) is 4. The number of nitrogens with zero attached hydrogens (tertiary/aromatic N) is 2. The first-order valence-corrected chi connectivity index (χ1v) is 4.84. The first-order valence-electron chi connectivity index (χ1n) is 4.84. The van der Waals surface area contributed by atoms with Crippen molar-refractivity contribution in [2.45, 2.75) is 6.54 Å². The number of nitriles is 1. The predicted octanol–water partition coefficient (Wildman–Crippen LogP) is 0.0797. The lowest BCUT2D eigenvalue weighted by Crippen LogP contribution is -2.33. The highest BCUT2D eigenvalue weighted by atomic mass is 16.1. The van der Waals surface area contributed by atoms with Crippen molar-refractivity contribution < 1.29 is 4.79 Å². The van der Waals surface area contributed by atoms with Gasteiger partial charge >= 0.3 is 0 Å². The number of anilines is 1. The lowest BCUT2D eigenvalue weighted by molar-refractivity contribution is -0.119. The Hall–Kier alpha value is -2.06. The highest BCUT2D eigenvalue weighted by molar-refractivity contribution is 5.76. The van der Waals surface area contributed by atoms with Gasteiger partial charge in [-0.1, -0.05) is 18.2 Å². The molecule has 0 aliphatic carbocycles. The summed E-state index contributed by atoms with van der Waals surface area (Å²) in [7, 11) is 0. The van der Waals surface area contributed by atoms with Gasteiger partial charge in [0.15, 0.2) is 0 Å². The summed E-state index contributed by atoms with van der Waals surface area (Å²) in [5, 5.41) is 8.62. The summed E-state index contributed by atoms with van der Waals surface area (Å²) < 4.78 is 0. The number of hydrogen-bond donors (Lipinski definition) is 2. The van der Waals surface area contributed by atoms with E-state index >= 15 is 0 Å². The summed E-state index contributed by atoms with van der Waals surface area (Å²) in [6.07, 6.45) is 0. The predicted molar refractivity (Wildman–Crippen MR) is 60.9 cm³/mol. The summed E-state index contributed by atoms with van der Waals surface area (Å²) in [6, 6.07) is 9.33. The molecule has 0 saturated carbocycles. The van der Waals surface area contributed by atoms with Crippen molar-refractivity contribution in [1.29, 1.82) is 5.26 Å². The molecule has 0 fully saturated rings. The highest BCUT2D eigenvalue weighted by Gasteiger charge is 2.09. The molecule has 0 spiro atoms. The zero-order chi connectivity index (χ0) is 12.0. The Kier molecular flexibility index (Phi) is 4.30. The molecule has 0 bridgehead atoms. The SMILES string of the molecule is N#CCN(CC(N)=O)Cc1ccccc1N. The van der Waals surface area contributed by atoms with E-state index in [1.165, 1.54) is 0 Å². The molecule has 0 saturated heterocycles. The fourth-order valence-electron chi connectivity index (χ4n) is 1.41. The summed E-state index contributed by atoms with van der Waals surface area (Å²) in [6.45, 7) is 0.655. The van der Waals surface area contributed by atoms with Gasteiger partial charge in [0, 0.05) is 12.2 Å². The van der Waals surface area contributed by atoms with Gasteiger partial charge in [0.1, 0.15) is 0 Å². The van der Waals surface area contributed by atoms with Gasteiger partial charge in [-0.25, -0.2) is 0 Å². The second kappa shape index (κ2) is 5.73. The second-order valence-corrected chi connectivity index (χ2v) is 3.47. The van der Waals surface area contributed by atoms with E-state index in [1.54, 1.807) is 11.0 Å². The molecule has 16 heavy (non-hydrogen) atoms. The first-order chi connectivity index (χ1) is 7.63. The number of rotatable bonds is 5. The maximum atomic E-state index is 10.8. The fourth-order valence-corrected chi connectivity index (χ4v) is 1.41. The number of carbonyl (C=O) groups excluding carboxylic acids is 1. The topological polar surface area (TPSA) is 96.1 Å². The maximum Gasteiger partial charge on any atom is 0.231 e. The summed E-state index contributed by atoms with van der Waals surface area (Å²) in [5.41, 5.74) is 12.4. The minimum atomic E-state index is -0.454. The molecule has 4 N–H and O–H groups in total. The molecule has 0 aliphatic rings. The Morgan fingerprint density at radius 3 is 2.69 bits per heavy atom. The van der Waals surface area contributed by atoms with Crippen LogP contribution in [0.1, 0.15) is 5.56 Å². The van der Waals surface area contributed by atoms with Crippen molar-refractivity contribution in [3.05, 3.63) is 29.8 Å². The minimum Gasteiger partial charge on any atom is -0.398 e. The fraction of sp³-hybridized carbons (Fsp3) is 0.273. The minimum absolute atomic E-state index is 0.0574. The molecule has 1 aromatic rings. The third-order valence-corrected chi connectivity index (χ3v) is 2.12. The van der Waals surface area contributed by atoms with Crippen LogP contribution in [0.15, 0.2) is 24.3 Å². The molecular weight excluding hydrogens is 204 g/mol. The average Bonchev–Trinajstić information content (AvgIpc) is 2.21. The smallest absolute Gasteiger partial charge is 0.231 e. The number of primary amides is 1. The van der Waals surface area contributed by atoms with Gasteiger partial charge in [0.25, 0.3) is 0 Å². The highest BCUT2D eigenvalue weighted by Crippen LogP contribution is 2.12. The third-order valence-electron chi connectivity index (χ3n) is 2.12. The van der Waals surface area contributed by atoms with Gasteiger partial charge in [-0.3, -0.25) is 9.69 Å². The normalized spacial score (nSPS) is 10.0. The molecule has 0 aromatic heterocycles. The number of para-hydroxylation sites is 1. The standard InChI is InChI=1S/C11H14N4O/c12-5-6-15(8-11(14)16)7-9-3-1-2-4-10(9)13/h1-4H,6-8,13H2,(H2,14,16). The second-order valence-electron chi connectivity index (χ2n) is 3.47. The van der Waals surface area contributed by atoms with Crippen LogP contribution in [0.4, 0.5) is 5.69 Å². The molecule has 1 rings (SSSR count). The lowest BCUT2D eigenvalue weighted by atomic mass is 10.1. The molecule has 0 heterocycles. The number of carbonyl (C=O) groups is 1. The molecule has 0 atom stereocenters. The van der Waals surface area contributed by atoms with E-state index in [0.29, 0.717) is 12.2 Å². The molecule has 0 aliphatic heterocycles. The van der Waals surface area contributed by atoms with Crippen molar-refractivity contribution in [3.8, 4) is 6.07 Å². The third kappa shape index (κ3) is 3.59. The molecule has 0 radical (unpaired) electrons. The van der Waals surface area contributed by atoms with E-state index in [-0.39, 0.29) is 13.1 Å². The van der Waals surface area contributed by atoms with E-state index in [4.69, 9.17) is 16.7 Å². The Labute approximate surface area is 94.2 Å². The number of benzene rings is 1. The number of nitrogen functional groups attached to an aromatic ring is 1. The van der Waals surface area contributed by atoms with Crippen LogP contribution in [0.3, 0.4) is 0 Å². The average molecular weight is 218 g/mol.